The number of para-hydroxylation sites is 1. The molecule has 8 heteroatoms. The Balaban J connectivity index is 1.30. The first kappa shape index (κ1) is 24.6. The van der Waals surface area contributed by atoms with Crippen LogP contribution in [0.25, 0.3) is 5.69 Å². The maximum absolute atomic E-state index is 13.6. The summed E-state index contributed by atoms with van der Waals surface area (Å²) in [6.45, 7) is 7.96. The highest BCUT2D eigenvalue weighted by Crippen LogP contribution is 2.29. The SMILES string of the molecule is CCn1cc(CN2CCN(c3cnn(-c4ccccc4)c(=O)c3OCCC3CCCCC3)CC2)cn1. The van der Waals surface area contributed by atoms with E-state index in [1.54, 1.807) is 0 Å². The van der Waals surface area contributed by atoms with E-state index in [1.807, 2.05) is 47.4 Å². The van der Waals surface area contributed by atoms with Crippen molar-refractivity contribution in [1.29, 1.82) is 0 Å². The van der Waals surface area contributed by atoms with Crippen molar-refractivity contribution in [2.45, 2.75) is 58.5 Å². The summed E-state index contributed by atoms with van der Waals surface area (Å²) in [6.07, 6.45) is 13.4. The van der Waals surface area contributed by atoms with Crippen molar-refractivity contribution < 1.29 is 4.74 Å². The summed E-state index contributed by atoms with van der Waals surface area (Å²) in [5, 5.41) is 8.94. The zero-order valence-electron chi connectivity index (χ0n) is 21.4. The zero-order chi connectivity index (χ0) is 24.7. The molecule has 0 amide bonds. The lowest BCUT2D eigenvalue weighted by Crippen LogP contribution is -2.46. The average Bonchev–Trinajstić information content (AvgIpc) is 3.39. The summed E-state index contributed by atoms with van der Waals surface area (Å²) >= 11 is 0. The number of aryl methyl sites for hydroxylation is 1. The monoisotopic (exact) mass is 490 g/mol. The summed E-state index contributed by atoms with van der Waals surface area (Å²) in [4.78, 5) is 18.3. The lowest BCUT2D eigenvalue weighted by Gasteiger charge is -2.36. The highest BCUT2D eigenvalue weighted by molar-refractivity contribution is 5.57. The first-order valence-electron chi connectivity index (χ1n) is 13.5. The van der Waals surface area contributed by atoms with Crippen LogP contribution in [-0.2, 0) is 13.1 Å². The van der Waals surface area contributed by atoms with Crippen molar-refractivity contribution in [3.05, 3.63) is 64.8 Å². The Hall–Kier alpha value is -3.13. The van der Waals surface area contributed by atoms with E-state index in [0.29, 0.717) is 18.3 Å². The minimum atomic E-state index is -0.184. The van der Waals surface area contributed by atoms with Crippen LogP contribution in [0.5, 0.6) is 5.75 Å². The van der Waals surface area contributed by atoms with Crippen LogP contribution in [0.15, 0.2) is 53.7 Å². The summed E-state index contributed by atoms with van der Waals surface area (Å²) < 4.78 is 9.71. The van der Waals surface area contributed by atoms with Gasteiger partial charge in [0.25, 0.3) is 0 Å². The third-order valence-corrected chi connectivity index (χ3v) is 7.54. The molecule has 0 radical (unpaired) electrons. The van der Waals surface area contributed by atoms with Crippen LogP contribution >= 0.6 is 0 Å². The second kappa shape index (κ2) is 11.7. The lowest BCUT2D eigenvalue weighted by atomic mass is 9.87. The summed E-state index contributed by atoms with van der Waals surface area (Å²) in [5.74, 6) is 1.14. The number of piperazine rings is 1. The summed E-state index contributed by atoms with van der Waals surface area (Å²) in [7, 11) is 0. The molecule has 192 valence electrons. The summed E-state index contributed by atoms with van der Waals surface area (Å²) in [5.41, 5.74) is 2.62. The maximum atomic E-state index is 13.6. The van der Waals surface area contributed by atoms with Gasteiger partial charge in [-0.3, -0.25) is 14.4 Å². The van der Waals surface area contributed by atoms with Gasteiger partial charge in [-0.05, 0) is 31.4 Å². The van der Waals surface area contributed by atoms with Gasteiger partial charge in [-0.2, -0.15) is 14.9 Å². The maximum Gasteiger partial charge on any atom is 0.316 e. The van der Waals surface area contributed by atoms with Gasteiger partial charge in [-0.25, -0.2) is 0 Å². The number of nitrogens with zero attached hydrogens (tertiary/aromatic N) is 6. The van der Waals surface area contributed by atoms with Crippen LogP contribution < -0.4 is 15.2 Å². The molecule has 0 unspecified atom stereocenters. The highest BCUT2D eigenvalue weighted by Gasteiger charge is 2.24. The van der Waals surface area contributed by atoms with Crippen LogP contribution in [-0.4, -0.2) is 57.2 Å². The normalized spacial score (nSPS) is 17.4. The molecule has 1 aromatic carbocycles. The van der Waals surface area contributed by atoms with Gasteiger partial charge in [0.15, 0.2) is 0 Å². The molecule has 8 nitrogen and oxygen atoms in total. The number of benzene rings is 1. The van der Waals surface area contributed by atoms with Gasteiger partial charge in [-0.1, -0.05) is 50.3 Å². The van der Waals surface area contributed by atoms with Crippen molar-refractivity contribution in [2.75, 3.05) is 37.7 Å². The third-order valence-electron chi connectivity index (χ3n) is 7.54. The second-order valence-electron chi connectivity index (χ2n) is 10.0. The first-order chi connectivity index (χ1) is 17.7. The molecular weight excluding hydrogens is 452 g/mol. The van der Waals surface area contributed by atoms with Crippen LogP contribution in [0.4, 0.5) is 5.69 Å². The summed E-state index contributed by atoms with van der Waals surface area (Å²) in [6, 6.07) is 9.59. The molecule has 0 spiro atoms. The van der Waals surface area contributed by atoms with Crippen LogP contribution in [0.3, 0.4) is 0 Å². The van der Waals surface area contributed by atoms with Gasteiger partial charge >= 0.3 is 5.56 Å². The molecule has 1 saturated carbocycles. The number of aromatic nitrogens is 4. The Labute approximate surface area is 213 Å². The molecule has 1 saturated heterocycles. The predicted molar refractivity (Wildman–Crippen MR) is 142 cm³/mol. The third kappa shape index (κ3) is 5.81. The van der Waals surface area contributed by atoms with E-state index in [9.17, 15) is 4.79 Å². The van der Waals surface area contributed by atoms with E-state index in [2.05, 4.69) is 33.1 Å². The predicted octanol–water partition coefficient (Wildman–Crippen LogP) is 4.12. The van der Waals surface area contributed by atoms with Gasteiger partial charge in [-0.15, -0.1) is 0 Å². The number of hydrogen-bond acceptors (Lipinski definition) is 6. The molecule has 2 aromatic heterocycles. The molecule has 5 rings (SSSR count). The topological polar surface area (TPSA) is 68.4 Å². The Morgan fingerprint density at radius 1 is 0.972 bits per heavy atom. The number of anilines is 1. The Kier molecular flexibility index (Phi) is 8.01. The van der Waals surface area contributed by atoms with Gasteiger partial charge in [0.05, 0.1) is 24.7 Å². The van der Waals surface area contributed by atoms with E-state index in [1.165, 1.54) is 42.3 Å². The molecule has 3 aromatic rings. The molecular formula is C28H38N6O2. The highest BCUT2D eigenvalue weighted by atomic mass is 16.5. The second-order valence-corrected chi connectivity index (χ2v) is 10.0. The minimum absolute atomic E-state index is 0.184. The fourth-order valence-electron chi connectivity index (χ4n) is 5.41. The molecule has 1 aliphatic heterocycles. The van der Waals surface area contributed by atoms with Crippen LogP contribution in [0.1, 0.15) is 51.0 Å². The number of rotatable bonds is 9. The van der Waals surface area contributed by atoms with Crippen LogP contribution in [0.2, 0.25) is 0 Å². The van der Waals surface area contributed by atoms with Crippen molar-refractivity contribution in [2.24, 2.45) is 5.92 Å². The molecule has 2 aliphatic rings. The van der Waals surface area contributed by atoms with Crippen LogP contribution in [0, 0.1) is 5.92 Å². The Morgan fingerprint density at radius 2 is 1.75 bits per heavy atom. The van der Waals surface area contributed by atoms with Crippen molar-refractivity contribution in [3.8, 4) is 11.4 Å². The fraction of sp³-hybridized carbons (Fsp3) is 0.536. The minimum Gasteiger partial charge on any atom is -0.486 e. The van der Waals surface area contributed by atoms with E-state index >= 15 is 0 Å². The molecule has 1 aliphatic carbocycles. The Morgan fingerprint density at radius 3 is 2.47 bits per heavy atom. The van der Waals surface area contributed by atoms with Gasteiger partial charge in [0.2, 0.25) is 5.75 Å². The number of ether oxygens (including phenoxy) is 1. The molecule has 2 fully saturated rings. The lowest BCUT2D eigenvalue weighted by molar-refractivity contribution is 0.237. The quantitative estimate of drug-likeness (QED) is 0.450. The van der Waals surface area contributed by atoms with Gasteiger partial charge < -0.3 is 9.64 Å². The van der Waals surface area contributed by atoms with Crippen molar-refractivity contribution >= 4 is 5.69 Å². The fourth-order valence-corrected chi connectivity index (χ4v) is 5.41. The van der Waals surface area contributed by atoms with Gasteiger partial charge in [0, 0.05) is 51.0 Å². The zero-order valence-corrected chi connectivity index (χ0v) is 21.4. The first-order valence-corrected chi connectivity index (χ1v) is 13.5. The van der Waals surface area contributed by atoms with E-state index < -0.39 is 0 Å². The molecule has 0 N–H and O–H groups in total. The standard InChI is InChI=1S/C28H38N6O2/c1-2-33-22-24(19-29-33)21-31-14-16-32(17-15-31)26-20-30-34(25-11-7-4-8-12-25)28(35)27(26)36-18-13-23-9-5-3-6-10-23/h4,7-8,11-12,19-20,22-23H,2-3,5-6,9-10,13-18,21H2,1H3. The number of hydrogen-bond donors (Lipinski definition) is 0. The molecule has 0 atom stereocenters. The van der Waals surface area contributed by atoms with E-state index in [0.717, 1.165) is 57.1 Å². The molecule has 36 heavy (non-hydrogen) atoms. The van der Waals surface area contributed by atoms with Crippen molar-refractivity contribution in [3.63, 3.8) is 0 Å². The average molecular weight is 491 g/mol. The molecule has 3 heterocycles. The van der Waals surface area contributed by atoms with E-state index in [4.69, 9.17) is 4.74 Å². The Bertz CT molecular complexity index is 1160. The van der Waals surface area contributed by atoms with E-state index in [-0.39, 0.29) is 5.56 Å². The largest absolute Gasteiger partial charge is 0.486 e. The van der Waals surface area contributed by atoms with Crippen molar-refractivity contribution in [1.82, 2.24) is 24.5 Å². The molecule has 0 bridgehead atoms. The smallest absolute Gasteiger partial charge is 0.316 e. The van der Waals surface area contributed by atoms with Gasteiger partial charge in [0.1, 0.15) is 5.69 Å².